The molecule has 1 atom stereocenters. The highest BCUT2D eigenvalue weighted by Crippen LogP contribution is 2.20. The maximum absolute atomic E-state index is 13.7. The Labute approximate surface area is 134 Å². The van der Waals surface area contributed by atoms with Crippen molar-refractivity contribution >= 4 is 23.4 Å². The molecule has 1 aliphatic rings. The molecule has 1 unspecified atom stereocenters. The summed E-state index contributed by atoms with van der Waals surface area (Å²) in [6.07, 6.45) is 4.00. The maximum atomic E-state index is 13.7. The summed E-state index contributed by atoms with van der Waals surface area (Å²) in [7, 11) is 0. The van der Waals surface area contributed by atoms with E-state index in [0.29, 0.717) is 6.54 Å². The molecule has 22 heavy (non-hydrogen) atoms. The van der Waals surface area contributed by atoms with Crippen LogP contribution in [-0.4, -0.2) is 35.8 Å². The Balaban J connectivity index is 1.97. The fourth-order valence-electron chi connectivity index (χ4n) is 2.81. The van der Waals surface area contributed by atoms with Gasteiger partial charge in [0.1, 0.15) is 5.82 Å². The van der Waals surface area contributed by atoms with E-state index in [1.165, 1.54) is 18.2 Å². The van der Waals surface area contributed by atoms with Crippen LogP contribution in [0.4, 0.5) is 4.39 Å². The molecular weight excluding hydrogens is 307 g/mol. The summed E-state index contributed by atoms with van der Waals surface area (Å²) in [5, 5.41) is 2.50. The Bertz CT molecular complexity index is 545. The smallest absolute Gasteiger partial charge is 0.256 e. The number of halogens is 2. The van der Waals surface area contributed by atoms with Crippen molar-refractivity contribution in [2.75, 3.05) is 13.1 Å². The molecule has 1 aromatic rings. The van der Waals surface area contributed by atoms with Crippen molar-refractivity contribution < 1.29 is 14.0 Å². The highest BCUT2D eigenvalue weighted by molar-refractivity contribution is 6.33. The summed E-state index contributed by atoms with van der Waals surface area (Å²) in [6, 6.07) is 4.27. The Morgan fingerprint density at radius 1 is 1.41 bits per heavy atom. The molecule has 4 nitrogen and oxygen atoms in total. The van der Waals surface area contributed by atoms with E-state index in [-0.39, 0.29) is 29.1 Å². The second-order valence-electron chi connectivity index (χ2n) is 5.42. The lowest BCUT2D eigenvalue weighted by Gasteiger charge is -2.35. The topological polar surface area (TPSA) is 49.4 Å². The van der Waals surface area contributed by atoms with Gasteiger partial charge in [-0.3, -0.25) is 9.59 Å². The second kappa shape index (κ2) is 7.58. The van der Waals surface area contributed by atoms with Crippen molar-refractivity contribution in [2.24, 2.45) is 0 Å². The number of nitrogens with one attached hydrogen (secondary N) is 1. The average molecular weight is 327 g/mol. The number of nitrogens with zero attached hydrogens (tertiary/aromatic N) is 1. The van der Waals surface area contributed by atoms with Crippen LogP contribution in [0, 0.1) is 5.82 Å². The summed E-state index contributed by atoms with van der Waals surface area (Å²) in [4.78, 5) is 26.1. The quantitative estimate of drug-likeness (QED) is 0.924. The molecule has 0 bridgehead atoms. The monoisotopic (exact) mass is 326 g/mol. The van der Waals surface area contributed by atoms with E-state index in [2.05, 4.69) is 5.32 Å². The van der Waals surface area contributed by atoms with Crippen LogP contribution in [0.5, 0.6) is 0 Å². The van der Waals surface area contributed by atoms with E-state index in [1.807, 2.05) is 11.8 Å². The van der Waals surface area contributed by atoms with Crippen LogP contribution in [0.2, 0.25) is 5.02 Å². The fourth-order valence-corrected chi connectivity index (χ4v) is 3.06. The molecule has 1 fully saturated rings. The lowest BCUT2D eigenvalue weighted by atomic mass is 10.00. The molecule has 2 rings (SSSR count). The van der Waals surface area contributed by atoms with Crippen molar-refractivity contribution in [2.45, 2.75) is 38.6 Å². The number of amides is 2. The van der Waals surface area contributed by atoms with Gasteiger partial charge in [-0.15, -0.1) is 0 Å². The summed E-state index contributed by atoms with van der Waals surface area (Å²) in [5.74, 6) is -1.49. The fraction of sp³-hybridized carbons (Fsp3) is 0.500. The van der Waals surface area contributed by atoms with Crippen LogP contribution in [0.15, 0.2) is 18.2 Å². The first kappa shape index (κ1) is 16.7. The zero-order valence-electron chi connectivity index (χ0n) is 12.6. The number of benzene rings is 1. The molecule has 1 saturated heterocycles. The first-order chi connectivity index (χ1) is 10.5. The van der Waals surface area contributed by atoms with Gasteiger partial charge >= 0.3 is 0 Å². The van der Waals surface area contributed by atoms with Gasteiger partial charge in [-0.05, 0) is 37.8 Å². The lowest BCUT2D eigenvalue weighted by molar-refractivity contribution is -0.133. The number of likely N-dealkylation sites (tertiary alicyclic amines) is 1. The minimum Gasteiger partial charge on any atom is -0.343 e. The molecule has 0 aromatic heterocycles. The Hall–Kier alpha value is -1.62. The van der Waals surface area contributed by atoms with Gasteiger partial charge < -0.3 is 10.2 Å². The average Bonchev–Trinajstić information content (AvgIpc) is 2.52. The zero-order chi connectivity index (χ0) is 16.1. The van der Waals surface area contributed by atoms with E-state index < -0.39 is 11.7 Å². The van der Waals surface area contributed by atoms with Gasteiger partial charge in [0.2, 0.25) is 5.91 Å². The highest BCUT2D eigenvalue weighted by atomic mass is 35.5. The molecule has 2 amide bonds. The largest absolute Gasteiger partial charge is 0.343 e. The Morgan fingerprint density at radius 2 is 2.18 bits per heavy atom. The summed E-state index contributed by atoms with van der Waals surface area (Å²) >= 11 is 5.84. The molecule has 0 spiro atoms. The Kier molecular flexibility index (Phi) is 5.77. The van der Waals surface area contributed by atoms with Crippen molar-refractivity contribution in [3.8, 4) is 0 Å². The highest BCUT2D eigenvalue weighted by Gasteiger charge is 2.25. The van der Waals surface area contributed by atoms with Gasteiger partial charge in [0.05, 0.1) is 17.1 Å². The molecule has 0 aliphatic carbocycles. The normalized spacial score (nSPS) is 18.1. The van der Waals surface area contributed by atoms with Crippen LogP contribution < -0.4 is 5.32 Å². The van der Waals surface area contributed by atoms with Gasteiger partial charge in [0.25, 0.3) is 5.91 Å². The van der Waals surface area contributed by atoms with Gasteiger partial charge in [-0.2, -0.15) is 0 Å². The SMILES string of the molecule is CCC1CCCCN1C(=O)CNC(=O)c1c(F)cccc1Cl. The standard InChI is InChI=1S/C16H20ClFN2O2/c1-2-11-6-3-4-9-20(11)14(21)10-19-16(22)15-12(17)7-5-8-13(15)18/h5,7-8,11H,2-4,6,9-10H2,1H3,(H,19,22). The first-order valence-electron chi connectivity index (χ1n) is 7.56. The van der Waals surface area contributed by atoms with Crippen LogP contribution in [0.25, 0.3) is 0 Å². The van der Waals surface area contributed by atoms with E-state index in [1.54, 1.807) is 0 Å². The minimum atomic E-state index is -0.693. The van der Waals surface area contributed by atoms with Crippen molar-refractivity contribution in [1.29, 1.82) is 0 Å². The zero-order valence-corrected chi connectivity index (χ0v) is 13.3. The van der Waals surface area contributed by atoms with Crippen LogP contribution >= 0.6 is 11.6 Å². The summed E-state index contributed by atoms with van der Waals surface area (Å²) < 4.78 is 13.7. The van der Waals surface area contributed by atoms with Crippen LogP contribution in [0.3, 0.4) is 0 Å². The van der Waals surface area contributed by atoms with Gasteiger partial charge in [0, 0.05) is 12.6 Å². The maximum Gasteiger partial charge on any atom is 0.256 e. The number of carbonyl (C=O) groups is 2. The second-order valence-corrected chi connectivity index (χ2v) is 5.83. The number of piperidine rings is 1. The number of hydrogen-bond acceptors (Lipinski definition) is 2. The van der Waals surface area contributed by atoms with E-state index in [0.717, 1.165) is 25.7 Å². The molecule has 6 heteroatoms. The summed E-state index contributed by atoms with van der Waals surface area (Å²) in [5.41, 5.74) is -0.220. The van der Waals surface area contributed by atoms with Crippen molar-refractivity contribution in [3.63, 3.8) is 0 Å². The summed E-state index contributed by atoms with van der Waals surface area (Å²) in [6.45, 7) is 2.63. The molecule has 1 aliphatic heterocycles. The molecular formula is C16H20ClFN2O2. The third-order valence-corrected chi connectivity index (χ3v) is 4.32. The molecule has 120 valence electrons. The van der Waals surface area contributed by atoms with Crippen molar-refractivity contribution in [3.05, 3.63) is 34.6 Å². The number of rotatable bonds is 4. The Morgan fingerprint density at radius 3 is 2.86 bits per heavy atom. The van der Waals surface area contributed by atoms with E-state index >= 15 is 0 Å². The molecule has 0 saturated carbocycles. The third-order valence-electron chi connectivity index (χ3n) is 4.01. The lowest BCUT2D eigenvalue weighted by Crippen LogP contribution is -2.47. The number of carbonyl (C=O) groups excluding carboxylic acids is 2. The van der Waals surface area contributed by atoms with E-state index in [9.17, 15) is 14.0 Å². The minimum absolute atomic E-state index is 0.0364. The first-order valence-corrected chi connectivity index (χ1v) is 7.94. The molecule has 1 aromatic carbocycles. The predicted molar refractivity (Wildman–Crippen MR) is 83.4 cm³/mol. The third kappa shape index (κ3) is 3.77. The van der Waals surface area contributed by atoms with Gasteiger partial charge in [-0.25, -0.2) is 4.39 Å². The van der Waals surface area contributed by atoms with Crippen molar-refractivity contribution in [1.82, 2.24) is 10.2 Å². The van der Waals surface area contributed by atoms with Gasteiger partial charge in [-0.1, -0.05) is 24.6 Å². The molecule has 0 radical (unpaired) electrons. The van der Waals surface area contributed by atoms with Crippen LogP contribution in [-0.2, 0) is 4.79 Å². The molecule has 1 heterocycles. The number of hydrogen-bond donors (Lipinski definition) is 1. The van der Waals surface area contributed by atoms with Gasteiger partial charge in [0.15, 0.2) is 0 Å². The predicted octanol–water partition coefficient (Wildman–Crippen LogP) is 3.00. The van der Waals surface area contributed by atoms with Crippen LogP contribution in [0.1, 0.15) is 43.0 Å². The molecule has 1 N–H and O–H groups in total. The van der Waals surface area contributed by atoms with E-state index in [4.69, 9.17) is 11.6 Å².